The summed E-state index contributed by atoms with van der Waals surface area (Å²) in [5.74, 6) is 0. The molecule has 3 aliphatic rings. The molecule has 0 aromatic rings. The Hall–Kier alpha value is -0.340. The van der Waals surface area contributed by atoms with Gasteiger partial charge in [-0.25, -0.2) is 0 Å². The molecule has 3 aliphatic heterocycles. The van der Waals surface area contributed by atoms with Crippen LogP contribution in [0.25, 0.3) is 0 Å². The molecule has 0 radical (unpaired) electrons. The molecule has 0 N–H and O–H groups in total. The Kier molecular flexibility index (Phi) is 2.20. The Morgan fingerprint density at radius 2 is 1.62 bits per heavy atom. The summed E-state index contributed by atoms with van der Waals surface area (Å²) in [5, 5.41) is 0. The molecular formula is C11H22N2+2. The van der Waals surface area contributed by atoms with Gasteiger partial charge in [0.05, 0.1) is 13.6 Å². The molecule has 2 heteroatoms. The van der Waals surface area contributed by atoms with Crippen LogP contribution in [0.2, 0.25) is 0 Å². The maximum atomic E-state index is 3.82. The molecule has 0 aromatic heterocycles. The van der Waals surface area contributed by atoms with Crippen LogP contribution in [-0.4, -0.2) is 61.8 Å². The summed E-state index contributed by atoms with van der Waals surface area (Å²) in [7, 11) is 2.42. The van der Waals surface area contributed by atoms with E-state index in [2.05, 4.69) is 19.7 Å². The lowest BCUT2D eigenvalue weighted by Crippen LogP contribution is -2.73. The highest BCUT2D eigenvalue weighted by molar-refractivity contribution is 4.68. The van der Waals surface area contributed by atoms with E-state index in [0.717, 1.165) is 0 Å². The first-order chi connectivity index (χ1) is 6.18. The van der Waals surface area contributed by atoms with E-state index in [0.29, 0.717) is 0 Å². The highest BCUT2D eigenvalue weighted by atomic mass is 15.5. The zero-order valence-corrected chi connectivity index (χ0v) is 8.84. The van der Waals surface area contributed by atoms with Crippen molar-refractivity contribution in [2.75, 3.05) is 52.9 Å². The number of hydrogen-bond donors (Lipinski definition) is 0. The second kappa shape index (κ2) is 3.10. The fourth-order valence-corrected chi connectivity index (χ4v) is 2.73. The topological polar surface area (TPSA) is 0 Å². The minimum absolute atomic E-state index is 1.20. The van der Waals surface area contributed by atoms with Gasteiger partial charge in [-0.3, -0.25) is 0 Å². The minimum Gasteiger partial charge on any atom is -0.312 e. The molecule has 2 nitrogen and oxygen atoms in total. The van der Waals surface area contributed by atoms with Crippen LogP contribution >= 0.6 is 0 Å². The van der Waals surface area contributed by atoms with E-state index in [1.165, 1.54) is 61.2 Å². The number of rotatable bonds is 3. The molecule has 0 saturated carbocycles. The normalized spacial score (nSPS) is 43.5. The monoisotopic (exact) mass is 182 g/mol. The number of quaternary nitrogens is 2. The highest BCUT2D eigenvalue weighted by Crippen LogP contribution is 2.24. The standard InChI is InChI=1S/C11H22N2/c1-3-4-5-13-9-6-12(2,7-10-13)8-11-13/h3H,1,4-11H2,2H3/q+2. The second-order valence-corrected chi connectivity index (χ2v) is 5.10. The predicted molar refractivity (Wildman–Crippen MR) is 55.3 cm³/mol. The summed E-state index contributed by atoms with van der Waals surface area (Å²) in [6.07, 6.45) is 3.27. The van der Waals surface area contributed by atoms with E-state index < -0.39 is 0 Å². The molecule has 0 aromatic carbocycles. The van der Waals surface area contributed by atoms with Crippen molar-refractivity contribution in [2.45, 2.75) is 6.42 Å². The van der Waals surface area contributed by atoms with Crippen LogP contribution in [-0.2, 0) is 0 Å². The van der Waals surface area contributed by atoms with Crippen LogP contribution in [0, 0.1) is 0 Å². The summed E-state index contributed by atoms with van der Waals surface area (Å²) < 4.78 is 2.73. The Morgan fingerprint density at radius 1 is 1.08 bits per heavy atom. The smallest absolute Gasteiger partial charge is 0.129 e. The highest BCUT2D eigenvalue weighted by Gasteiger charge is 2.45. The molecule has 0 atom stereocenters. The zero-order valence-electron chi connectivity index (χ0n) is 8.84. The lowest BCUT2D eigenvalue weighted by atomic mass is 10.1. The Labute approximate surface area is 81.6 Å². The van der Waals surface area contributed by atoms with Crippen LogP contribution < -0.4 is 0 Å². The van der Waals surface area contributed by atoms with Crippen LogP contribution in [0.4, 0.5) is 0 Å². The Balaban J connectivity index is 1.98. The van der Waals surface area contributed by atoms with E-state index in [1.54, 1.807) is 0 Å². The lowest BCUT2D eigenvalue weighted by molar-refractivity contribution is -1.07. The Bertz CT molecular complexity index is 186. The van der Waals surface area contributed by atoms with E-state index >= 15 is 0 Å². The fourth-order valence-electron chi connectivity index (χ4n) is 2.73. The summed E-state index contributed by atoms with van der Waals surface area (Å²) in [6.45, 7) is 13.6. The molecule has 0 aliphatic carbocycles. The molecule has 13 heavy (non-hydrogen) atoms. The van der Waals surface area contributed by atoms with Gasteiger partial charge in [0, 0.05) is 6.42 Å². The number of fused-ring (bicyclic) bond motifs is 3. The van der Waals surface area contributed by atoms with Gasteiger partial charge >= 0.3 is 0 Å². The van der Waals surface area contributed by atoms with Crippen LogP contribution in [0.5, 0.6) is 0 Å². The van der Waals surface area contributed by atoms with E-state index in [-0.39, 0.29) is 0 Å². The molecule has 3 fully saturated rings. The van der Waals surface area contributed by atoms with Crippen LogP contribution in [0.15, 0.2) is 12.7 Å². The number of piperazine rings is 3. The van der Waals surface area contributed by atoms with Crippen molar-refractivity contribution >= 4 is 0 Å². The van der Waals surface area contributed by atoms with Gasteiger partial charge in [-0.15, -0.1) is 6.58 Å². The van der Waals surface area contributed by atoms with Gasteiger partial charge < -0.3 is 8.97 Å². The van der Waals surface area contributed by atoms with Gasteiger partial charge in [0.15, 0.2) is 0 Å². The van der Waals surface area contributed by atoms with Gasteiger partial charge in [-0.1, -0.05) is 6.08 Å². The predicted octanol–water partition coefficient (Wildman–Crippen LogP) is 0.853. The summed E-state index contributed by atoms with van der Waals surface area (Å²) in [5.41, 5.74) is 0. The lowest BCUT2D eigenvalue weighted by Gasteiger charge is -2.54. The van der Waals surface area contributed by atoms with E-state index in [4.69, 9.17) is 0 Å². The number of nitrogens with zero attached hydrogens (tertiary/aromatic N) is 2. The Morgan fingerprint density at radius 3 is 2.08 bits per heavy atom. The van der Waals surface area contributed by atoms with E-state index in [1.807, 2.05) is 0 Å². The second-order valence-electron chi connectivity index (χ2n) is 5.10. The van der Waals surface area contributed by atoms with Gasteiger partial charge in [0.1, 0.15) is 39.3 Å². The first-order valence-electron chi connectivity index (χ1n) is 5.48. The van der Waals surface area contributed by atoms with Gasteiger partial charge in [0.2, 0.25) is 0 Å². The molecule has 0 unspecified atom stereocenters. The van der Waals surface area contributed by atoms with Gasteiger partial charge in [-0.05, 0) is 0 Å². The van der Waals surface area contributed by atoms with Gasteiger partial charge in [-0.2, -0.15) is 0 Å². The maximum absolute atomic E-state index is 3.82. The molecule has 0 spiro atoms. The van der Waals surface area contributed by atoms with Crippen molar-refractivity contribution in [3.63, 3.8) is 0 Å². The summed E-state index contributed by atoms with van der Waals surface area (Å²) in [4.78, 5) is 0. The molecule has 3 saturated heterocycles. The van der Waals surface area contributed by atoms with Gasteiger partial charge in [0.25, 0.3) is 0 Å². The largest absolute Gasteiger partial charge is 0.312 e. The minimum atomic E-state index is 1.20. The van der Waals surface area contributed by atoms with Crippen molar-refractivity contribution in [3.05, 3.63) is 12.7 Å². The first-order valence-corrected chi connectivity index (χ1v) is 5.48. The summed E-state index contributed by atoms with van der Waals surface area (Å²) in [6, 6.07) is 0. The average Bonchev–Trinajstić information content (AvgIpc) is 2.18. The zero-order chi connectivity index (χ0) is 9.36. The number of hydrogen-bond acceptors (Lipinski definition) is 0. The third-order valence-electron chi connectivity index (χ3n) is 4.15. The molecule has 0 amide bonds. The molecule has 3 rings (SSSR count). The molecular weight excluding hydrogens is 160 g/mol. The van der Waals surface area contributed by atoms with Crippen molar-refractivity contribution in [1.82, 2.24) is 0 Å². The summed E-state index contributed by atoms with van der Waals surface area (Å²) >= 11 is 0. The van der Waals surface area contributed by atoms with Crippen molar-refractivity contribution in [3.8, 4) is 0 Å². The maximum Gasteiger partial charge on any atom is 0.129 e. The SMILES string of the molecule is C=CCC[N+]12CC[N+](C)(CC1)CC2. The third kappa shape index (κ3) is 1.65. The van der Waals surface area contributed by atoms with Crippen LogP contribution in [0.1, 0.15) is 6.42 Å². The van der Waals surface area contributed by atoms with E-state index in [9.17, 15) is 0 Å². The van der Waals surface area contributed by atoms with Crippen molar-refractivity contribution < 1.29 is 8.97 Å². The quantitative estimate of drug-likeness (QED) is 0.448. The molecule has 74 valence electrons. The van der Waals surface area contributed by atoms with Crippen molar-refractivity contribution in [2.24, 2.45) is 0 Å². The first kappa shape index (κ1) is 9.22. The number of likely N-dealkylation sites (N-methyl/N-ethyl adjacent to an activating group) is 1. The average molecular weight is 182 g/mol. The molecule has 2 bridgehead atoms. The van der Waals surface area contributed by atoms with Crippen LogP contribution in [0.3, 0.4) is 0 Å². The third-order valence-corrected chi connectivity index (χ3v) is 4.15. The fraction of sp³-hybridized carbons (Fsp3) is 0.818. The molecule has 3 heterocycles. The van der Waals surface area contributed by atoms with Crippen molar-refractivity contribution in [1.29, 1.82) is 0 Å².